The summed E-state index contributed by atoms with van der Waals surface area (Å²) in [5, 5.41) is 13.6. The van der Waals surface area contributed by atoms with Gasteiger partial charge < -0.3 is 5.11 Å². The molecule has 1 heterocycles. The van der Waals surface area contributed by atoms with Crippen LogP contribution >= 0.6 is 15.9 Å². The zero-order valence-corrected chi connectivity index (χ0v) is 11.8. The monoisotopic (exact) mass is 320 g/mol. The Kier molecular flexibility index (Phi) is 2.93. The summed E-state index contributed by atoms with van der Waals surface area (Å²) in [6.45, 7) is 0. The molecule has 1 aromatic heterocycles. The van der Waals surface area contributed by atoms with Crippen molar-refractivity contribution in [2.45, 2.75) is 24.7 Å². The highest BCUT2D eigenvalue weighted by Gasteiger charge is 2.45. The smallest absolute Gasteiger partial charge is 0.314 e. The van der Waals surface area contributed by atoms with Gasteiger partial charge in [0.15, 0.2) is 0 Å². The van der Waals surface area contributed by atoms with Crippen LogP contribution in [0.25, 0.3) is 5.69 Å². The van der Waals surface area contributed by atoms with E-state index in [0.717, 1.165) is 35.1 Å². The molecule has 1 fully saturated rings. The van der Waals surface area contributed by atoms with E-state index in [2.05, 4.69) is 21.0 Å². The molecule has 1 aliphatic carbocycles. The highest BCUT2D eigenvalue weighted by Crippen LogP contribution is 2.44. The Morgan fingerprint density at radius 3 is 2.37 bits per heavy atom. The van der Waals surface area contributed by atoms with Gasteiger partial charge in [0.2, 0.25) is 0 Å². The van der Waals surface area contributed by atoms with Gasteiger partial charge in [-0.1, -0.05) is 18.6 Å². The fourth-order valence-electron chi connectivity index (χ4n) is 2.56. The van der Waals surface area contributed by atoms with Crippen LogP contribution < -0.4 is 0 Å². The van der Waals surface area contributed by atoms with Crippen molar-refractivity contribution in [2.75, 3.05) is 0 Å². The highest BCUT2D eigenvalue weighted by atomic mass is 79.9. The summed E-state index contributed by atoms with van der Waals surface area (Å²) >= 11 is 3.42. The maximum Gasteiger partial charge on any atom is 0.314 e. The van der Waals surface area contributed by atoms with E-state index in [0.29, 0.717) is 0 Å². The largest absolute Gasteiger partial charge is 0.481 e. The van der Waals surface area contributed by atoms with Gasteiger partial charge in [-0.25, -0.2) is 4.68 Å². The fraction of sp³-hybridized carbons (Fsp3) is 0.286. The third-order valence-electron chi connectivity index (χ3n) is 3.88. The maximum atomic E-state index is 11.4. The number of halogens is 1. The van der Waals surface area contributed by atoms with E-state index in [-0.39, 0.29) is 0 Å². The fourth-order valence-corrected chi connectivity index (χ4v) is 2.97. The number of carboxylic acids is 1. The van der Waals surface area contributed by atoms with Crippen LogP contribution in [0.15, 0.2) is 41.1 Å². The van der Waals surface area contributed by atoms with E-state index in [1.54, 1.807) is 10.9 Å². The summed E-state index contributed by atoms with van der Waals surface area (Å²) in [4.78, 5) is 11.4. The number of rotatable bonds is 3. The quantitative estimate of drug-likeness (QED) is 0.945. The van der Waals surface area contributed by atoms with Crippen molar-refractivity contribution in [2.24, 2.45) is 0 Å². The lowest BCUT2D eigenvalue weighted by molar-refractivity contribution is -0.147. The third-order valence-corrected chi connectivity index (χ3v) is 4.48. The molecule has 1 aliphatic rings. The first-order valence-corrected chi connectivity index (χ1v) is 6.97. The topological polar surface area (TPSA) is 55.1 Å². The Morgan fingerprint density at radius 1 is 1.26 bits per heavy atom. The molecular weight excluding hydrogens is 308 g/mol. The second-order valence-corrected chi connectivity index (χ2v) is 5.67. The van der Waals surface area contributed by atoms with Crippen LogP contribution in [-0.2, 0) is 10.2 Å². The average molecular weight is 321 g/mol. The van der Waals surface area contributed by atoms with E-state index in [4.69, 9.17) is 0 Å². The molecule has 0 saturated heterocycles. The third kappa shape index (κ3) is 1.89. The van der Waals surface area contributed by atoms with Gasteiger partial charge in [-0.05, 0) is 52.5 Å². The van der Waals surface area contributed by atoms with Gasteiger partial charge in [-0.2, -0.15) is 5.10 Å². The van der Waals surface area contributed by atoms with Crippen LogP contribution in [-0.4, -0.2) is 20.9 Å². The molecule has 19 heavy (non-hydrogen) atoms. The summed E-state index contributed by atoms with van der Waals surface area (Å²) < 4.78 is 2.63. The molecule has 0 bridgehead atoms. The van der Waals surface area contributed by atoms with Gasteiger partial charge in [0.05, 0.1) is 17.3 Å². The van der Waals surface area contributed by atoms with Crippen molar-refractivity contribution in [3.05, 3.63) is 46.7 Å². The Hall–Kier alpha value is -1.62. The predicted molar refractivity (Wildman–Crippen MR) is 74.4 cm³/mol. The van der Waals surface area contributed by atoms with Gasteiger partial charge in [0.25, 0.3) is 0 Å². The summed E-state index contributed by atoms with van der Waals surface area (Å²) in [6.07, 6.45) is 4.15. The molecule has 1 N–H and O–H groups in total. The average Bonchev–Trinajstić information content (AvgIpc) is 2.74. The van der Waals surface area contributed by atoms with Crippen LogP contribution in [0.3, 0.4) is 0 Å². The number of nitrogens with zero attached hydrogens (tertiary/aromatic N) is 2. The number of carboxylic acid groups (broad SMARTS) is 1. The van der Waals surface area contributed by atoms with E-state index < -0.39 is 11.4 Å². The minimum atomic E-state index is -0.716. The number of aliphatic carboxylic acids is 1. The number of benzene rings is 1. The van der Waals surface area contributed by atoms with E-state index in [9.17, 15) is 9.90 Å². The van der Waals surface area contributed by atoms with Gasteiger partial charge in [-0.15, -0.1) is 0 Å². The molecule has 98 valence electrons. The molecule has 4 nitrogen and oxygen atoms in total. The van der Waals surface area contributed by atoms with Crippen molar-refractivity contribution in [3.63, 3.8) is 0 Å². The minimum absolute atomic E-state index is 0.667. The standard InChI is InChI=1S/C14H13BrN2O2/c15-12-6-9-16-17(12)11-4-2-10(3-5-11)14(13(18)19)7-1-8-14/h2-6,9H,1,7-8H2,(H,18,19). The summed E-state index contributed by atoms with van der Waals surface area (Å²) in [5.41, 5.74) is 1.14. The molecular formula is C14H13BrN2O2. The first kappa shape index (κ1) is 12.4. The van der Waals surface area contributed by atoms with Crippen LogP contribution in [0.5, 0.6) is 0 Å². The molecule has 1 saturated carbocycles. The highest BCUT2D eigenvalue weighted by molar-refractivity contribution is 9.10. The predicted octanol–water partition coefficient (Wildman–Crippen LogP) is 3.14. The Morgan fingerprint density at radius 2 is 1.95 bits per heavy atom. The summed E-state index contributed by atoms with van der Waals surface area (Å²) in [5.74, 6) is -0.716. The molecule has 0 atom stereocenters. The first-order chi connectivity index (χ1) is 9.13. The Balaban J connectivity index is 1.95. The molecule has 3 rings (SSSR count). The van der Waals surface area contributed by atoms with E-state index in [1.807, 2.05) is 30.3 Å². The zero-order chi connectivity index (χ0) is 13.5. The molecule has 2 aromatic rings. The van der Waals surface area contributed by atoms with Crippen molar-refractivity contribution in [1.82, 2.24) is 9.78 Å². The van der Waals surface area contributed by atoms with Crippen molar-refractivity contribution >= 4 is 21.9 Å². The molecule has 1 aromatic carbocycles. The lowest BCUT2D eigenvalue weighted by Gasteiger charge is -2.38. The van der Waals surface area contributed by atoms with E-state index >= 15 is 0 Å². The second kappa shape index (κ2) is 4.49. The molecule has 0 unspecified atom stereocenters. The lowest BCUT2D eigenvalue weighted by Crippen LogP contribution is -2.42. The number of hydrogen-bond acceptors (Lipinski definition) is 2. The minimum Gasteiger partial charge on any atom is -0.481 e. The number of aromatic nitrogens is 2. The number of hydrogen-bond donors (Lipinski definition) is 1. The summed E-state index contributed by atoms with van der Waals surface area (Å²) in [7, 11) is 0. The lowest BCUT2D eigenvalue weighted by atomic mass is 9.64. The van der Waals surface area contributed by atoms with Crippen LogP contribution in [0.2, 0.25) is 0 Å². The number of carbonyl (C=O) groups is 1. The van der Waals surface area contributed by atoms with Crippen molar-refractivity contribution in [1.29, 1.82) is 0 Å². The van der Waals surface area contributed by atoms with Gasteiger partial charge in [0, 0.05) is 0 Å². The van der Waals surface area contributed by atoms with Crippen LogP contribution in [0.4, 0.5) is 0 Å². The molecule has 0 aliphatic heterocycles. The molecule has 5 heteroatoms. The van der Waals surface area contributed by atoms with Crippen molar-refractivity contribution in [3.8, 4) is 5.69 Å². The normalized spacial score (nSPS) is 16.9. The van der Waals surface area contributed by atoms with Gasteiger partial charge in [0.1, 0.15) is 4.60 Å². The summed E-state index contributed by atoms with van der Waals surface area (Å²) in [6, 6.07) is 9.48. The zero-order valence-electron chi connectivity index (χ0n) is 10.2. The Bertz CT molecular complexity index is 615. The van der Waals surface area contributed by atoms with Crippen LogP contribution in [0.1, 0.15) is 24.8 Å². The van der Waals surface area contributed by atoms with Gasteiger partial charge in [-0.3, -0.25) is 4.79 Å². The van der Waals surface area contributed by atoms with Crippen molar-refractivity contribution < 1.29 is 9.90 Å². The van der Waals surface area contributed by atoms with Gasteiger partial charge >= 0.3 is 5.97 Å². The van der Waals surface area contributed by atoms with Crippen LogP contribution in [0, 0.1) is 0 Å². The molecule has 0 radical (unpaired) electrons. The SMILES string of the molecule is O=C(O)C1(c2ccc(-n3nccc3Br)cc2)CCC1. The maximum absolute atomic E-state index is 11.4. The van der Waals surface area contributed by atoms with E-state index in [1.165, 1.54) is 0 Å². The Labute approximate surface area is 119 Å². The second-order valence-electron chi connectivity index (χ2n) is 4.85. The molecule has 0 spiro atoms. The molecule has 0 amide bonds. The first-order valence-electron chi connectivity index (χ1n) is 6.17.